The minimum absolute atomic E-state index is 0.396. The Morgan fingerprint density at radius 1 is 1.56 bits per heavy atom. The highest BCUT2D eigenvalue weighted by molar-refractivity contribution is 5.04. The van der Waals surface area contributed by atoms with Gasteiger partial charge in [-0.1, -0.05) is 6.42 Å². The van der Waals surface area contributed by atoms with Crippen molar-refractivity contribution in [3.63, 3.8) is 0 Å². The third kappa shape index (κ3) is 3.47. The van der Waals surface area contributed by atoms with Gasteiger partial charge < -0.3 is 10.2 Å². The number of hydrogen-bond acceptors (Lipinski definition) is 3. The number of nitriles is 1. The Morgan fingerprint density at radius 2 is 2.19 bits per heavy atom. The van der Waals surface area contributed by atoms with E-state index < -0.39 is 5.54 Å². The lowest BCUT2D eigenvalue weighted by Crippen LogP contribution is -2.46. The van der Waals surface area contributed by atoms with Gasteiger partial charge in [-0.2, -0.15) is 5.26 Å². The van der Waals surface area contributed by atoms with E-state index in [0.29, 0.717) is 6.04 Å². The van der Waals surface area contributed by atoms with Gasteiger partial charge in [0.15, 0.2) is 0 Å². The molecule has 16 heavy (non-hydrogen) atoms. The highest BCUT2D eigenvalue weighted by Crippen LogP contribution is 2.27. The van der Waals surface area contributed by atoms with E-state index in [1.807, 2.05) is 14.0 Å². The van der Waals surface area contributed by atoms with Gasteiger partial charge in [0.05, 0.1) is 6.07 Å². The van der Waals surface area contributed by atoms with Crippen molar-refractivity contribution in [3.05, 3.63) is 0 Å². The van der Waals surface area contributed by atoms with Crippen LogP contribution in [0.15, 0.2) is 0 Å². The molecule has 2 unspecified atom stereocenters. The summed E-state index contributed by atoms with van der Waals surface area (Å²) >= 11 is 0. The Hall–Kier alpha value is -0.590. The highest BCUT2D eigenvalue weighted by Gasteiger charge is 2.27. The fourth-order valence-electron chi connectivity index (χ4n) is 2.21. The lowest BCUT2D eigenvalue weighted by atomic mass is 9.84. The molecule has 0 bridgehead atoms. The molecule has 1 saturated carbocycles. The second-order valence-electron chi connectivity index (χ2n) is 5.48. The van der Waals surface area contributed by atoms with Crippen LogP contribution in [0.5, 0.6) is 0 Å². The van der Waals surface area contributed by atoms with Crippen molar-refractivity contribution in [2.45, 2.75) is 51.1 Å². The maximum absolute atomic E-state index is 9.12. The van der Waals surface area contributed by atoms with Gasteiger partial charge in [0.25, 0.3) is 0 Å². The smallest absolute Gasteiger partial charge is 0.105 e. The standard InChI is InChI=1S/C13H25N3/c1-11(8-13(2,10-14)15-3)16(4)9-12-6-5-7-12/h11-12,15H,5-9H2,1-4H3. The van der Waals surface area contributed by atoms with Gasteiger partial charge in [-0.15, -0.1) is 0 Å². The van der Waals surface area contributed by atoms with E-state index in [1.54, 1.807) is 0 Å². The van der Waals surface area contributed by atoms with Crippen LogP contribution in [-0.4, -0.2) is 37.1 Å². The van der Waals surface area contributed by atoms with Crippen LogP contribution in [-0.2, 0) is 0 Å². The molecule has 0 amide bonds. The molecule has 0 heterocycles. The van der Waals surface area contributed by atoms with Crippen LogP contribution in [0, 0.1) is 17.2 Å². The van der Waals surface area contributed by atoms with Crippen LogP contribution in [0.3, 0.4) is 0 Å². The molecular formula is C13H25N3. The van der Waals surface area contributed by atoms with E-state index in [1.165, 1.54) is 25.8 Å². The minimum Gasteiger partial charge on any atom is -0.303 e. The minimum atomic E-state index is -0.396. The van der Waals surface area contributed by atoms with E-state index in [9.17, 15) is 0 Å². The number of rotatable bonds is 6. The third-order valence-electron chi connectivity index (χ3n) is 4.03. The molecule has 0 radical (unpaired) electrons. The first-order chi connectivity index (χ1) is 7.50. The Bertz CT molecular complexity index is 254. The second kappa shape index (κ2) is 5.65. The van der Waals surface area contributed by atoms with Crippen molar-refractivity contribution in [1.29, 1.82) is 5.26 Å². The lowest BCUT2D eigenvalue weighted by Gasteiger charge is -2.35. The fourth-order valence-corrected chi connectivity index (χ4v) is 2.21. The van der Waals surface area contributed by atoms with Gasteiger partial charge in [-0.3, -0.25) is 0 Å². The van der Waals surface area contributed by atoms with Gasteiger partial charge in [-0.25, -0.2) is 0 Å². The number of nitrogens with zero attached hydrogens (tertiary/aromatic N) is 2. The molecule has 1 fully saturated rings. The molecule has 2 atom stereocenters. The van der Waals surface area contributed by atoms with E-state index in [2.05, 4.69) is 30.3 Å². The zero-order valence-corrected chi connectivity index (χ0v) is 11.1. The van der Waals surface area contributed by atoms with E-state index >= 15 is 0 Å². The van der Waals surface area contributed by atoms with Crippen LogP contribution < -0.4 is 5.32 Å². The topological polar surface area (TPSA) is 39.1 Å². The van der Waals surface area contributed by atoms with Crippen LogP contribution >= 0.6 is 0 Å². The summed E-state index contributed by atoms with van der Waals surface area (Å²) in [6.07, 6.45) is 5.06. The van der Waals surface area contributed by atoms with Crippen LogP contribution in [0.4, 0.5) is 0 Å². The molecule has 0 aromatic heterocycles. The van der Waals surface area contributed by atoms with Crippen LogP contribution in [0.2, 0.25) is 0 Å². The van der Waals surface area contributed by atoms with Crippen molar-refractivity contribution in [1.82, 2.24) is 10.2 Å². The van der Waals surface area contributed by atoms with E-state index in [0.717, 1.165) is 12.3 Å². The van der Waals surface area contributed by atoms with Gasteiger partial charge in [0, 0.05) is 12.6 Å². The molecule has 1 aliphatic carbocycles. The first-order valence-corrected chi connectivity index (χ1v) is 6.31. The molecule has 0 aliphatic heterocycles. The van der Waals surface area contributed by atoms with Crippen molar-refractivity contribution in [2.75, 3.05) is 20.6 Å². The molecule has 0 aromatic carbocycles. The van der Waals surface area contributed by atoms with Gasteiger partial charge in [0.1, 0.15) is 5.54 Å². The molecule has 1 rings (SSSR count). The maximum Gasteiger partial charge on any atom is 0.105 e. The lowest BCUT2D eigenvalue weighted by molar-refractivity contribution is 0.152. The summed E-state index contributed by atoms with van der Waals surface area (Å²) in [5.41, 5.74) is -0.396. The summed E-state index contributed by atoms with van der Waals surface area (Å²) in [4.78, 5) is 2.40. The van der Waals surface area contributed by atoms with Gasteiger partial charge in [0.2, 0.25) is 0 Å². The van der Waals surface area contributed by atoms with Crippen molar-refractivity contribution < 1.29 is 0 Å². The Labute approximate surface area is 99.8 Å². The molecule has 3 heteroatoms. The molecule has 0 saturated heterocycles. The van der Waals surface area contributed by atoms with Gasteiger partial charge in [-0.05, 0) is 53.1 Å². The summed E-state index contributed by atoms with van der Waals surface area (Å²) < 4.78 is 0. The first kappa shape index (κ1) is 13.5. The van der Waals surface area contributed by atoms with Crippen LogP contribution in [0.25, 0.3) is 0 Å². The molecular weight excluding hydrogens is 198 g/mol. The Morgan fingerprint density at radius 3 is 2.56 bits per heavy atom. The summed E-state index contributed by atoms with van der Waals surface area (Å²) in [5.74, 6) is 0.898. The number of hydrogen-bond donors (Lipinski definition) is 1. The van der Waals surface area contributed by atoms with Crippen molar-refractivity contribution >= 4 is 0 Å². The van der Waals surface area contributed by atoms with Crippen molar-refractivity contribution in [3.8, 4) is 6.07 Å². The summed E-state index contributed by atoms with van der Waals surface area (Å²) in [6, 6.07) is 2.81. The molecule has 0 aromatic rings. The van der Waals surface area contributed by atoms with Gasteiger partial charge >= 0.3 is 0 Å². The molecule has 1 aliphatic rings. The molecule has 3 nitrogen and oxygen atoms in total. The van der Waals surface area contributed by atoms with E-state index in [4.69, 9.17) is 5.26 Å². The summed E-state index contributed by atoms with van der Waals surface area (Å²) in [5, 5.41) is 12.2. The second-order valence-corrected chi connectivity index (χ2v) is 5.48. The normalized spacial score (nSPS) is 22.2. The van der Waals surface area contributed by atoms with Crippen LogP contribution in [0.1, 0.15) is 39.5 Å². The summed E-state index contributed by atoms with van der Waals surface area (Å²) in [6.45, 7) is 5.37. The zero-order chi connectivity index (χ0) is 12.2. The monoisotopic (exact) mass is 223 g/mol. The predicted molar refractivity (Wildman–Crippen MR) is 67.1 cm³/mol. The zero-order valence-electron chi connectivity index (χ0n) is 11.1. The molecule has 92 valence electrons. The molecule has 0 spiro atoms. The Kier molecular flexibility index (Phi) is 4.76. The summed E-state index contributed by atoms with van der Waals surface area (Å²) in [7, 11) is 4.04. The Balaban J connectivity index is 2.37. The highest BCUT2D eigenvalue weighted by atomic mass is 15.1. The largest absolute Gasteiger partial charge is 0.303 e. The quantitative estimate of drug-likeness (QED) is 0.748. The average Bonchev–Trinajstić information content (AvgIpc) is 2.22. The molecule has 1 N–H and O–H groups in total. The third-order valence-corrected chi connectivity index (χ3v) is 4.03. The average molecular weight is 223 g/mol. The van der Waals surface area contributed by atoms with Crippen molar-refractivity contribution in [2.24, 2.45) is 5.92 Å². The first-order valence-electron chi connectivity index (χ1n) is 6.31. The maximum atomic E-state index is 9.12. The number of nitrogens with one attached hydrogen (secondary N) is 1. The van der Waals surface area contributed by atoms with E-state index in [-0.39, 0.29) is 0 Å². The fraction of sp³-hybridized carbons (Fsp3) is 0.923. The predicted octanol–water partition coefficient (Wildman–Crippen LogP) is 2.00. The SMILES string of the molecule is CNC(C)(C#N)CC(C)N(C)CC1CCC1.